The molecule has 2 aromatic rings. The lowest BCUT2D eigenvalue weighted by molar-refractivity contribution is -0.186. The van der Waals surface area contributed by atoms with Crippen molar-refractivity contribution in [3.63, 3.8) is 0 Å². The largest absolute Gasteiger partial charge is 0.497 e. The van der Waals surface area contributed by atoms with Crippen molar-refractivity contribution in [1.82, 2.24) is 9.88 Å². The van der Waals surface area contributed by atoms with E-state index in [0.717, 1.165) is 19.5 Å². The van der Waals surface area contributed by atoms with Crippen molar-refractivity contribution < 1.29 is 14.2 Å². The van der Waals surface area contributed by atoms with Gasteiger partial charge >= 0.3 is 0 Å². The van der Waals surface area contributed by atoms with E-state index in [9.17, 15) is 5.11 Å². The molecule has 3 aliphatic rings. The van der Waals surface area contributed by atoms with Crippen LogP contribution in [0, 0.1) is 11.8 Å². The molecule has 25 heavy (non-hydrogen) atoms. The van der Waals surface area contributed by atoms with Crippen molar-refractivity contribution in [3.8, 4) is 5.75 Å². The van der Waals surface area contributed by atoms with Gasteiger partial charge in [0, 0.05) is 23.7 Å². The highest BCUT2D eigenvalue weighted by atomic mass is 19.2. The van der Waals surface area contributed by atoms with E-state index >= 15 is 4.39 Å². The van der Waals surface area contributed by atoms with E-state index in [-0.39, 0.29) is 5.56 Å². The van der Waals surface area contributed by atoms with E-state index in [1.807, 2.05) is 6.08 Å². The van der Waals surface area contributed by atoms with Crippen molar-refractivity contribution >= 4 is 10.9 Å². The number of rotatable bonds is 4. The Morgan fingerprint density at radius 1 is 1.44 bits per heavy atom. The van der Waals surface area contributed by atoms with Crippen LogP contribution in [0.25, 0.3) is 10.9 Å². The fourth-order valence-corrected chi connectivity index (χ4v) is 4.47. The molecule has 0 amide bonds. The number of alkyl halides is 1. The second-order valence-electron chi connectivity index (χ2n) is 7.11. The normalized spacial score (nSPS) is 30.8. The molecule has 1 N–H and O–H groups in total. The Kier molecular flexibility index (Phi) is 4.01. The zero-order valence-corrected chi connectivity index (χ0v) is 14.4. The SMILES string of the molecule is C=C[C@H]1CN2CC[C@H]1C[C@H]2[C@@](O)(F)c1ccnc2ccc(OC)cc12. The first-order valence-electron chi connectivity index (χ1n) is 8.75. The topological polar surface area (TPSA) is 45.6 Å². The lowest BCUT2D eigenvalue weighted by atomic mass is 9.73. The van der Waals surface area contributed by atoms with Gasteiger partial charge in [-0.1, -0.05) is 6.08 Å². The Balaban J connectivity index is 1.76. The van der Waals surface area contributed by atoms with Gasteiger partial charge in [-0.15, -0.1) is 6.58 Å². The molecule has 0 spiro atoms. The van der Waals surface area contributed by atoms with Crippen LogP contribution < -0.4 is 4.74 Å². The smallest absolute Gasteiger partial charge is 0.249 e. The number of ether oxygens (including phenoxy) is 1. The van der Waals surface area contributed by atoms with Crippen LogP contribution in [0.15, 0.2) is 43.1 Å². The Bertz CT molecular complexity index is 807. The predicted octanol–water partition coefficient (Wildman–Crippen LogP) is 3.25. The fraction of sp³-hybridized carbons (Fsp3) is 0.450. The van der Waals surface area contributed by atoms with E-state index in [1.54, 1.807) is 37.6 Å². The molecule has 132 valence electrons. The first kappa shape index (κ1) is 16.5. The fourth-order valence-electron chi connectivity index (χ4n) is 4.47. The molecule has 2 bridgehead atoms. The summed E-state index contributed by atoms with van der Waals surface area (Å²) in [5.41, 5.74) is 0.915. The van der Waals surface area contributed by atoms with Crippen LogP contribution >= 0.6 is 0 Å². The van der Waals surface area contributed by atoms with Crippen LogP contribution in [-0.2, 0) is 5.85 Å². The molecule has 4 heterocycles. The highest BCUT2D eigenvalue weighted by molar-refractivity contribution is 5.84. The Labute approximate surface area is 146 Å². The summed E-state index contributed by atoms with van der Waals surface area (Å²) >= 11 is 0. The minimum absolute atomic E-state index is 0.268. The first-order chi connectivity index (χ1) is 12.0. The summed E-state index contributed by atoms with van der Waals surface area (Å²) in [6.45, 7) is 5.48. The molecule has 0 aliphatic carbocycles. The summed E-state index contributed by atoms with van der Waals surface area (Å²) in [4.78, 5) is 6.36. The highest BCUT2D eigenvalue weighted by Crippen LogP contribution is 2.45. The van der Waals surface area contributed by atoms with Gasteiger partial charge in [-0.3, -0.25) is 9.88 Å². The summed E-state index contributed by atoms with van der Waals surface area (Å²) in [6, 6.07) is 6.35. The van der Waals surface area contributed by atoms with Gasteiger partial charge in [0.1, 0.15) is 5.75 Å². The Morgan fingerprint density at radius 3 is 2.96 bits per heavy atom. The van der Waals surface area contributed by atoms with Gasteiger partial charge in [-0.25, -0.2) is 4.39 Å². The average molecular weight is 342 g/mol. The summed E-state index contributed by atoms with van der Waals surface area (Å²) in [5, 5.41) is 11.5. The summed E-state index contributed by atoms with van der Waals surface area (Å²) in [5.74, 6) is -1.04. The van der Waals surface area contributed by atoms with Gasteiger partial charge in [0.15, 0.2) is 0 Å². The van der Waals surface area contributed by atoms with Crippen molar-refractivity contribution in [2.75, 3.05) is 20.2 Å². The quantitative estimate of drug-likeness (QED) is 0.867. The second-order valence-corrected chi connectivity index (χ2v) is 7.11. The summed E-state index contributed by atoms with van der Waals surface area (Å²) in [7, 11) is 1.57. The third-order valence-corrected chi connectivity index (χ3v) is 5.88. The monoisotopic (exact) mass is 342 g/mol. The number of aromatic nitrogens is 1. The maximum atomic E-state index is 15.8. The van der Waals surface area contributed by atoms with Crippen LogP contribution in [-0.4, -0.2) is 41.2 Å². The molecule has 1 unspecified atom stereocenters. The van der Waals surface area contributed by atoms with Crippen molar-refractivity contribution in [2.24, 2.45) is 11.8 Å². The van der Waals surface area contributed by atoms with Gasteiger partial charge in [-0.2, -0.15) is 0 Å². The van der Waals surface area contributed by atoms with Gasteiger partial charge in [0.05, 0.1) is 18.7 Å². The van der Waals surface area contributed by atoms with E-state index < -0.39 is 11.9 Å². The van der Waals surface area contributed by atoms with Crippen molar-refractivity contribution in [1.29, 1.82) is 0 Å². The number of hydrogen-bond acceptors (Lipinski definition) is 4. The molecule has 0 saturated carbocycles. The Hall–Kier alpha value is -1.98. The van der Waals surface area contributed by atoms with Crippen LogP contribution in [0.3, 0.4) is 0 Å². The number of methoxy groups -OCH3 is 1. The summed E-state index contributed by atoms with van der Waals surface area (Å²) < 4.78 is 21.0. The van der Waals surface area contributed by atoms with E-state index in [2.05, 4.69) is 16.5 Å². The molecule has 1 aromatic heterocycles. The third kappa shape index (κ3) is 2.62. The standard InChI is InChI=1S/C20H23FN2O2/c1-3-13-12-23-9-7-14(13)10-19(23)20(21,24)17-6-8-22-18-5-4-15(25-2)11-16(17)18/h3-6,8,11,13-14,19,24H,1,7,9-10,12H2,2H3/t13-,14-,19-,20+/m0/s1. The second kappa shape index (κ2) is 6.07. The minimum atomic E-state index is -2.43. The Morgan fingerprint density at radius 2 is 2.28 bits per heavy atom. The lowest BCUT2D eigenvalue weighted by Crippen LogP contribution is -2.59. The number of piperidine rings is 3. The van der Waals surface area contributed by atoms with E-state index in [4.69, 9.17) is 4.74 Å². The van der Waals surface area contributed by atoms with Crippen LogP contribution in [0.4, 0.5) is 4.39 Å². The van der Waals surface area contributed by atoms with Crippen molar-refractivity contribution in [2.45, 2.75) is 24.7 Å². The number of pyridine rings is 1. The average Bonchev–Trinajstić information content (AvgIpc) is 2.67. The van der Waals surface area contributed by atoms with Crippen LogP contribution in [0.5, 0.6) is 5.75 Å². The molecule has 5 rings (SSSR count). The maximum absolute atomic E-state index is 15.8. The highest BCUT2D eigenvalue weighted by Gasteiger charge is 2.50. The number of benzene rings is 1. The zero-order valence-electron chi connectivity index (χ0n) is 14.4. The maximum Gasteiger partial charge on any atom is 0.249 e. The molecule has 5 heteroatoms. The van der Waals surface area contributed by atoms with E-state index in [0.29, 0.717) is 34.9 Å². The first-order valence-corrected chi connectivity index (χ1v) is 8.75. The van der Waals surface area contributed by atoms with E-state index in [1.165, 1.54) is 0 Å². The van der Waals surface area contributed by atoms with Crippen LogP contribution in [0.1, 0.15) is 18.4 Å². The lowest BCUT2D eigenvalue weighted by Gasteiger charge is -2.52. The van der Waals surface area contributed by atoms with Gasteiger partial charge in [-0.05, 0) is 55.5 Å². The van der Waals surface area contributed by atoms with Crippen LogP contribution in [0.2, 0.25) is 0 Å². The number of hydrogen-bond donors (Lipinski definition) is 1. The molecule has 4 nitrogen and oxygen atoms in total. The van der Waals surface area contributed by atoms with Crippen molar-refractivity contribution in [3.05, 3.63) is 48.7 Å². The number of fused-ring (bicyclic) bond motifs is 4. The molecule has 1 aromatic carbocycles. The molecule has 5 atom stereocenters. The van der Waals surface area contributed by atoms with Gasteiger partial charge in [0.2, 0.25) is 5.85 Å². The molecule has 3 saturated heterocycles. The van der Waals surface area contributed by atoms with Gasteiger partial charge < -0.3 is 9.84 Å². The molecule has 0 radical (unpaired) electrons. The third-order valence-electron chi connectivity index (χ3n) is 5.88. The zero-order chi connectivity index (χ0) is 17.6. The minimum Gasteiger partial charge on any atom is -0.497 e. The van der Waals surface area contributed by atoms with Gasteiger partial charge in [0.25, 0.3) is 0 Å². The number of nitrogens with zero attached hydrogens (tertiary/aromatic N) is 2. The predicted molar refractivity (Wildman–Crippen MR) is 95.1 cm³/mol. The number of aliphatic hydroxyl groups is 1. The summed E-state index contributed by atoms with van der Waals surface area (Å²) in [6.07, 6.45) is 5.19. The number of halogens is 1. The molecule has 3 aliphatic heterocycles. The molecular formula is C20H23FN2O2. The molecule has 3 fully saturated rings. The molecular weight excluding hydrogens is 319 g/mol.